The van der Waals surface area contributed by atoms with Gasteiger partial charge >= 0.3 is 0 Å². The SMILES string of the molecule is CC(NC(=O)C1CCN(C(=O)/C=C/c2ccccc2)CC1)c1ccc(Cl)s1. The molecule has 1 aliphatic rings. The predicted octanol–water partition coefficient (Wildman–Crippen LogP) is 4.53. The van der Waals surface area contributed by atoms with Crippen LogP contribution in [0.5, 0.6) is 0 Å². The number of halogens is 1. The first kappa shape index (κ1) is 19.6. The predicted molar refractivity (Wildman–Crippen MR) is 111 cm³/mol. The Morgan fingerprint density at radius 2 is 1.89 bits per heavy atom. The summed E-state index contributed by atoms with van der Waals surface area (Å²) in [5.74, 6) is 0.00305. The zero-order valence-corrected chi connectivity index (χ0v) is 16.8. The number of piperidine rings is 1. The van der Waals surface area contributed by atoms with Crippen LogP contribution >= 0.6 is 22.9 Å². The van der Waals surface area contributed by atoms with E-state index in [4.69, 9.17) is 11.6 Å². The van der Waals surface area contributed by atoms with Crippen LogP contribution < -0.4 is 5.32 Å². The summed E-state index contributed by atoms with van der Waals surface area (Å²) < 4.78 is 0.724. The number of carbonyl (C=O) groups excluding carboxylic acids is 2. The fourth-order valence-electron chi connectivity index (χ4n) is 3.16. The Morgan fingerprint density at radius 1 is 1.19 bits per heavy atom. The van der Waals surface area contributed by atoms with Gasteiger partial charge in [0, 0.05) is 30.0 Å². The summed E-state index contributed by atoms with van der Waals surface area (Å²) in [4.78, 5) is 27.7. The summed E-state index contributed by atoms with van der Waals surface area (Å²) in [6, 6.07) is 13.5. The van der Waals surface area contributed by atoms with Crippen molar-refractivity contribution in [3.63, 3.8) is 0 Å². The van der Waals surface area contributed by atoms with Crippen molar-refractivity contribution in [1.82, 2.24) is 10.2 Å². The lowest BCUT2D eigenvalue weighted by molar-refractivity contribution is -0.132. The molecule has 0 bridgehead atoms. The number of likely N-dealkylation sites (tertiary alicyclic amines) is 1. The van der Waals surface area contributed by atoms with Gasteiger partial charge in [-0.25, -0.2) is 0 Å². The zero-order valence-electron chi connectivity index (χ0n) is 15.2. The van der Waals surface area contributed by atoms with Gasteiger partial charge in [0.05, 0.1) is 10.4 Å². The molecule has 3 rings (SSSR count). The second-order valence-corrected chi connectivity index (χ2v) is 8.46. The second kappa shape index (κ2) is 9.20. The molecule has 1 N–H and O–H groups in total. The molecule has 1 unspecified atom stereocenters. The number of thiophene rings is 1. The van der Waals surface area contributed by atoms with Gasteiger partial charge in [-0.05, 0) is 43.5 Å². The summed E-state index contributed by atoms with van der Waals surface area (Å²) in [5.41, 5.74) is 1.00. The Kier molecular flexibility index (Phi) is 6.69. The van der Waals surface area contributed by atoms with Gasteiger partial charge in [0.15, 0.2) is 0 Å². The molecule has 0 saturated carbocycles. The monoisotopic (exact) mass is 402 g/mol. The highest BCUT2D eigenvalue weighted by Crippen LogP contribution is 2.27. The highest BCUT2D eigenvalue weighted by molar-refractivity contribution is 7.16. The third kappa shape index (κ3) is 5.44. The average molecular weight is 403 g/mol. The number of nitrogens with one attached hydrogen (secondary N) is 1. The van der Waals surface area contributed by atoms with Crippen molar-refractivity contribution in [2.75, 3.05) is 13.1 Å². The van der Waals surface area contributed by atoms with Gasteiger partial charge in [0.1, 0.15) is 0 Å². The van der Waals surface area contributed by atoms with E-state index in [1.807, 2.05) is 60.4 Å². The van der Waals surface area contributed by atoms with Crippen LogP contribution in [0.3, 0.4) is 0 Å². The molecule has 4 nitrogen and oxygen atoms in total. The van der Waals surface area contributed by atoms with Crippen molar-refractivity contribution < 1.29 is 9.59 Å². The van der Waals surface area contributed by atoms with Crippen LogP contribution in [0.2, 0.25) is 4.34 Å². The number of rotatable bonds is 5. The molecule has 2 amide bonds. The van der Waals surface area contributed by atoms with E-state index in [2.05, 4.69) is 5.32 Å². The van der Waals surface area contributed by atoms with Gasteiger partial charge in [-0.1, -0.05) is 41.9 Å². The maximum absolute atomic E-state index is 12.5. The summed E-state index contributed by atoms with van der Waals surface area (Å²) in [7, 11) is 0. The molecule has 0 aliphatic carbocycles. The summed E-state index contributed by atoms with van der Waals surface area (Å²) >= 11 is 7.45. The Bertz CT molecular complexity index is 811. The van der Waals surface area contributed by atoms with Gasteiger partial charge in [-0.15, -0.1) is 11.3 Å². The molecule has 2 aromatic rings. The Morgan fingerprint density at radius 3 is 2.52 bits per heavy atom. The van der Waals surface area contributed by atoms with E-state index < -0.39 is 0 Å². The van der Waals surface area contributed by atoms with Crippen LogP contribution in [0.15, 0.2) is 48.5 Å². The van der Waals surface area contributed by atoms with Crippen LogP contribution in [-0.4, -0.2) is 29.8 Å². The lowest BCUT2D eigenvalue weighted by Gasteiger charge is -2.31. The van der Waals surface area contributed by atoms with Crippen molar-refractivity contribution in [1.29, 1.82) is 0 Å². The maximum Gasteiger partial charge on any atom is 0.246 e. The first-order valence-corrected chi connectivity index (χ1v) is 10.3. The molecule has 1 saturated heterocycles. The van der Waals surface area contributed by atoms with Gasteiger partial charge in [-0.3, -0.25) is 9.59 Å². The smallest absolute Gasteiger partial charge is 0.246 e. The second-order valence-electron chi connectivity index (χ2n) is 6.72. The Labute approximate surface area is 168 Å². The van der Waals surface area contributed by atoms with Crippen LogP contribution in [0.25, 0.3) is 6.08 Å². The largest absolute Gasteiger partial charge is 0.349 e. The number of amides is 2. The third-order valence-corrected chi connectivity index (χ3v) is 6.19. The van der Waals surface area contributed by atoms with Gasteiger partial charge in [-0.2, -0.15) is 0 Å². The zero-order chi connectivity index (χ0) is 19.2. The van der Waals surface area contributed by atoms with Crippen molar-refractivity contribution >= 4 is 40.8 Å². The third-order valence-electron chi connectivity index (χ3n) is 4.77. The van der Waals surface area contributed by atoms with Crippen LogP contribution in [0.4, 0.5) is 0 Å². The summed E-state index contributed by atoms with van der Waals surface area (Å²) in [6.07, 6.45) is 4.82. The van der Waals surface area contributed by atoms with E-state index in [1.165, 1.54) is 11.3 Å². The molecule has 27 heavy (non-hydrogen) atoms. The Hall–Kier alpha value is -2.11. The van der Waals surface area contributed by atoms with E-state index in [9.17, 15) is 9.59 Å². The fourth-order valence-corrected chi connectivity index (χ4v) is 4.23. The molecular weight excluding hydrogens is 380 g/mol. The van der Waals surface area contributed by atoms with Gasteiger partial charge in [0.25, 0.3) is 0 Å². The number of carbonyl (C=O) groups is 2. The van der Waals surface area contributed by atoms with Crippen molar-refractivity contribution in [2.24, 2.45) is 5.92 Å². The molecule has 142 valence electrons. The quantitative estimate of drug-likeness (QED) is 0.747. The van der Waals surface area contributed by atoms with Gasteiger partial charge < -0.3 is 10.2 Å². The number of nitrogens with zero attached hydrogens (tertiary/aromatic N) is 1. The van der Waals surface area contributed by atoms with E-state index in [0.29, 0.717) is 25.9 Å². The molecule has 1 aromatic carbocycles. The summed E-state index contributed by atoms with van der Waals surface area (Å²) in [5, 5.41) is 3.07. The number of benzene rings is 1. The minimum absolute atomic E-state index is 0.000642. The normalized spacial score (nSPS) is 16.4. The lowest BCUT2D eigenvalue weighted by atomic mass is 9.95. The first-order valence-electron chi connectivity index (χ1n) is 9.10. The fraction of sp³-hybridized carbons (Fsp3) is 0.333. The van der Waals surface area contributed by atoms with Crippen molar-refractivity contribution in [2.45, 2.75) is 25.8 Å². The number of hydrogen-bond donors (Lipinski definition) is 1. The van der Waals surface area contributed by atoms with E-state index in [-0.39, 0.29) is 23.8 Å². The van der Waals surface area contributed by atoms with Crippen LogP contribution in [-0.2, 0) is 9.59 Å². The van der Waals surface area contributed by atoms with Crippen LogP contribution in [0.1, 0.15) is 36.2 Å². The first-order chi connectivity index (χ1) is 13.0. The maximum atomic E-state index is 12.5. The van der Waals surface area contributed by atoms with E-state index in [0.717, 1.165) is 14.8 Å². The minimum atomic E-state index is -0.0523. The molecule has 0 radical (unpaired) electrons. The molecular formula is C21H23ClN2O2S. The molecule has 2 heterocycles. The van der Waals surface area contributed by atoms with Crippen molar-refractivity contribution in [3.05, 3.63) is 63.3 Å². The highest BCUT2D eigenvalue weighted by Gasteiger charge is 2.27. The summed E-state index contributed by atoms with van der Waals surface area (Å²) in [6.45, 7) is 3.18. The molecule has 6 heteroatoms. The molecule has 1 fully saturated rings. The molecule has 1 aromatic heterocycles. The van der Waals surface area contributed by atoms with Crippen LogP contribution in [0, 0.1) is 5.92 Å². The standard InChI is InChI=1S/C21H23ClN2O2S/c1-15(18-8-9-19(22)27-18)23-21(26)17-11-13-24(14-12-17)20(25)10-7-16-5-3-2-4-6-16/h2-10,15,17H,11-14H2,1H3,(H,23,26)/b10-7+. The Balaban J connectivity index is 1.47. The van der Waals surface area contributed by atoms with E-state index >= 15 is 0 Å². The lowest BCUT2D eigenvalue weighted by Crippen LogP contribution is -2.42. The van der Waals surface area contributed by atoms with Crippen molar-refractivity contribution in [3.8, 4) is 0 Å². The topological polar surface area (TPSA) is 49.4 Å². The molecule has 1 atom stereocenters. The van der Waals surface area contributed by atoms with E-state index in [1.54, 1.807) is 6.08 Å². The average Bonchev–Trinajstić information content (AvgIpc) is 3.13. The number of hydrogen-bond acceptors (Lipinski definition) is 3. The van der Waals surface area contributed by atoms with Gasteiger partial charge in [0.2, 0.25) is 11.8 Å². The minimum Gasteiger partial charge on any atom is -0.349 e. The molecule has 1 aliphatic heterocycles. The molecule has 0 spiro atoms. The highest BCUT2D eigenvalue weighted by atomic mass is 35.5.